The Labute approximate surface area is 219 Å². The molecule has 1 aromatic heterocycles. The van der Waals surface area contributed by atoms with Crippen molar-refractivity contribution in [3.63, 3.8) is 0 Å². The minimum absolute atomic E-state index is 0.159. The third-order valence-electron chi connectivity index (χ3n) is 5.62. The van der Waals surface area contributed by atoms with Crippen LogP contribution in [0.3, 0.4) is 0 Å². The Kier molecular flexibility index (Phi) is 8.80. The van der Waals surface area contributed by atoms with Gasteiger partial charge in [0.15, 0.2) is 10.8 Å². The molecule has 1 unspecified atom stereocenters. The SMILES string of the molecule is CCOC(=O)C1=C(CN2CCOC[C@H]2C(=O)NOC)NC(c2nccs2)=NC1c1ccc(F)cc1Br. The van der Waals surface area contributed by atoms with E-state index in [0.717, 1.165) is 0 Å². The van der Waals surface area contributed by atoms with Crippen molar-refractivity contribution in [2.75, 3.05) is 40.0 Å². The summed E-state index contributed by atoms with van der Waals surface area (Å²) in [6, 6.07) is 2.77. The van der Waals surface area contributed by atoms with Crippen LogP contribution in [0.2, 0.25) is 0 Å². The van der Waals surface area contributed by atoms with Gasteiger partial charge in [0.05, 0.1) is 32.5 Å². The second-order valence-corrected chi connectivity index (χ2v) is 9.60. The van der Waals surface area contributed by atoms with Crippen molar-refractivity contribution in [3.05, 3.63) is 61.9 Å². The lowest BCUT2D eigenvalue weighted by Gasteiger charge is -2.36. The number of aromatic nitrogens is 1. The number of amides is 1. The van der Waals surface area contributed by atoms with E-state index in [1.807, 2.05) is 10.3 Å². The Balaban J connectivity index is 1.81. The molecule has 2 atom stereocenters. The highest BCUT2D eigenvalue weighted by Gasteiger charge is 2.37. The molecule has 0 saturated carbocycles. The molecule has 13 heteroatoms. The Hall–Kier alpha value is -2.71. The zero-order chi connectivity index (χ0) is 25.7. The molecule has 4 rings (SSSR count). The summed E-state index contributed by atoms with van der Waals surface area (Å²) in [4.78, 5) is 41.8. The van der Waals surface area contributed by atoms with Gasteiger partial charge in [0.2, 0.25) is 0 Å². The van der Waals surface area contributed by atoms with Gasteiger partial charge < -0.3 is 14.8 Å². The smallest absolute Gasteiger partial charge is 0.338 e. The van der Waals surface area contributed by atoms with E-state index >= 15 is 0 Å². The van der Waals surface area contributed by atoms with Gasteiger partial charge in [0, 0.05) is 34.8 Å². The lowest BCUT2D eigenvalue weighted by molar-refractivity contribution is -0.142. The molecule has 1 aromatic carbocycles. The number of amidine groups is 1. The van der Waals surface area contributed by atoms with E-state index in [1.54, 1.807) is 19.2 Å². The highest BCUT2D eigenvalue weighted by Crippen LogP contribution is 2.37. The lowest BCUT2D eigenvalue weighted by Crippen LogP contribution is -2.55. The van der Waals surface area contributed by atoms with Gasteiger partial charge in [-0.05, 0) is 24.6 Å². The number of nitrogens with zero attached hydrogens (tertiary/aromatic N) is 3. The first-order valence-electron chi connectivity index (χ1n) is 11.2. The van der Waals surface area contributed by atoms with Crippen LogP contribution < -0.4 is 10.8 Å². The summed E-state index contributed by atoms with van der Waals surface area (Å²) in [5.41, 5.74) is 3.71. The molecule has 2 aliphatic heterocycles. The van der Waals surface area contributed by atoms with E-state index in [-0.39, 0.29) is 31.2 Å². The second-order valence-electron chi connectivity index (χ2n) is 7.85. The minimum atomic E-state index is -0.804. The number of rotatable bonds is 8. The number of ether oxygens (including phenoxy) is 2. The molecule has 1 saturated heterocycles. The number of carbonyl (C=O) groups excluding carboxylic acids is 2. The largest absolute Gasteiger partial charge is 0.463 e. The monoisotopic (exact) mass is 581 g/mol. The maximum atomic E-state index is 13.9. The summed E-state index contributed by atoms with van der Waals surface area (Å²) in [5, 5.41) is 5.70. The number of nitrogens with one attached hydrogen (secondary N) is 2. The van der Waals surface area contributed by atoms with Crippen LogP contribution in [0.4, 0.5) is 4.39 Å². The molecule has 0 spiro atoms. The fraction of sp³-hybridized carbons (Fsp3) is 0.391. The molecule has 1 fully saturated rings. The Bertz CT molecular complexity index is 1180. The topological polar surface area (TPSA) is 114 Å². The van der Waals surface area contributed by atoms with Crippen LogP contribution in [0.5, 0.6) is 0 Å². The third kappa shape index (κ3) is 5.81. The number of benzene rings is 1. The molecule has 192 valence electrons. The Morgan fingerprint density at radius 3 is 2.94 bits per heavy atom. The zero-order valence-corrected chi connectivity index (χ0v) is 22.0. The van der Waals surface area contributed by atoms with E-state index in [1.165, 1.54) is 30.6 Å². The minimum Gasteiger partial charge on any atom is -0.463 e. The zero-order valence-electron chi connectivity index (χ0n) is 19.6. The van der Waals surface area contributed by atoms with Crippen LogP contribution in [-0.4, -0.2) is 73.7 Å². The van der Waals surface area contributed by atoms with Crippen LogP contribution >= 0.6 is 27.3 Å². The molecule has 2 N–H and O–H groups in total. The maximum Gasteiger partial charge on any atom is 0.338 e. The number of morpholine rings is 1. The fourth-order valence-corrected chi connectivity index (χ4v) is 5.16. The number of thiazole rings is 1. The average molecular weight is 582 g/mol. The van der Waals surface area contributed by atoms with Crippen molar-refractivity contribution in [2.45, 2.75) is 19.0 Å². The van der Waals surface area contributed by atoms with E-state index in [9.17, 15) is 14.0 Å². The van der Waals surface area contributed by atoms with Gasteiger partial charge in [-0.2, -0.15) is 0 Å². The van der Waals surface area contributed by atoms with Crippen molar-refractivity contribution in [1.29, 1.82) is 0 Å². The van der Waals surface area contributed by atoms with E-state index < -0.39 is 23.9 Å². The number of hydroxylamine groups is 1. The van der Waals surface area contributed by atoms with Gasteiger partial charge in [0.25, 0.3) is 5.91 Å². The van der Waals surface area contributed by atoms with Crippen molar-refractivity contribution < 1.29 is 28.3 Å². The molecule has 36 heavy (non-hydrogen) atoms. The first-order chi connectivity index (χ1) is 17.4. The molecule has 0 bridgehead atoms. The maximum absolute atomic E-state index is 13.9. The van der Waals surface area contributed by atoms with Crippen molar-refractivity contribution in [3.8, 4) is 0 Å². The van der Waals surface area contributed by atoms with Crippen LogP contribution in [0.15, 0.2) is 50.5 Å². The second kappa shape index (κ2) is 12.0. The van der Waals surface area contributed by atoms with E-state index in [4.69, 9.17) is 19.3 Å². The summed E-state index contributed by atoms with van der Waals surface area (Å²) in [5.74, 6) is -0.890. The molecule has 1 amide bonds. The quantitative estimate of drug-likeness (QED) is 0.360. The summed E-state index contributed by atoms with van der Waals surface area (Å²) in [7, 11) is 1.36. The predicted molar refractivity (Wildman–Crippen MR) is 134 cm³/mol. The van der Waals surface area contributed by atoms with Crippen molar-refractivity contribution in [1.82, 2.24) is 20.7 Å². The molecule has 2 aromatic rings. The summed E-state index contributed by atoms with van der Waals surface area (Å²) < 4.78 is 25.3. The van der Waals surface area contributed by atoms with Crippen molar-refractivity contribution >= 4 is 45.0 Å². The standard InChI is InChI=1S/C23H25BrFN5O5S/c1-3-35-23(32)18-16(11-30-7-8-34-12-17(30)21(31)29-33-2)27-20(22-26-6-9-36-22)28-19(18)14-5-4-13(25)10-15(14)24/h4-6,9-10,17,19H,3,7-8,11-12H2,1-2H3,(H,27,28)(H,29,31)/t17-,19?/m0/s1. The summed E-state index contributed by atoms with van der Waals surface area (Å²) in [6.45, 7) is 3.09. The highest BCUT2D eigenvalue weighted by molar-refractivity contribution is 9.10. The number of hydrogen-bond donors (Lipinski definition) is 2. The number of esters is 1. The predicted octanol–water partition coefficient (Wildman–Crippen LogP) is 2.33. The molecule has 0 aliphatic carbocycles. The van der Waals surface area contributed by atoms with Crippen LogP contribution in [0, 0.1) is 5.82 Å². The van der Waals surface area contributed by atoms with Gasteiger partial charge in [0.1, 0.15) is 17.9 Å². The van der Waals surface area contributed by atoms with Crippen LogP contribution in [0.1, 0.15) is 23.5 Å². The molecule has 10 nitrogen and oxygen atoms in total. The molecule has 0 radical (unpaired) electrons. The van der Waals surface area contributed by atoms with E-state index in [0.29, 0.717) is 39.7 Å². The normalized spacial score (nSPS) is 20.5. The van der Waals surface area contributed by atoms with Crippen LogP contribution in [-0.2, 0) is 23.9 Å². The molecule has 2 aliphatic rings. The van der Waals surface area contributed by atoms with Gasteiger partial charge >= 0.3 is 5.97 Å². The van der Waals surface area contributed by atoms with Gasteiger partial charge in [-0.15, -0.1) is 11.3 Å². The van der Waals surface area contributed by atoms with Gasteiger partial charge in [-0.3, -0.25) is 19.5 Å². The Morgan fingerprint density at radius 2 is 2.25 bits per heavy atom. The number of aliphatic imine (C=N–C) groups is 1. The first kappa shape index (κ1) is 26.4. The molecular formula is C23H25BrFN5O5S. The van der Waals surface area contributed by atoms with Crippen LogP contribution in [0.25, 0.3) is 0 Å². The third-order valence-corrected chi connectivity index (χ3v) is 7.09. The molecular weight excluding hydrogens is 557 g/mol. The number of carbonyl (C=O) groups is 2. The highest BCUT2D eigenvalue weighted by atomic mass is 79.9. The molecule has 3 heterocycles. The lowest BCUT2D eigenvalue weighted by atomic mass is 9.95. The average Bonchev–Trinajstić information content (AvgIpc) is 3.39. The first-order valence-corrected chi connectivity index (χ1v) is 12.8. The summed E-state index contributed by atoms with van der Waals surface area (Å²) >= 11 is 4.80. The summed E-state index contributed by atoms with van der Waals surface area (Å²) in [6.07, 6.45) is 1.66. The number of halogens is 2. The van der Waals surface area contributed by atoms with E-state index in [2.05, 4.69) is 31.7 Å². The number of hydrogen-bond acceptors (Lipinski definition) is 10. The Morgan fingerprint density at radius 1 is 1.42 bits per heavy atom. The van der Waals surface area contributed by atoms with Gasteiger partial charge in [-0.1, -0.05) is 22.0 Å². The van der Waals surface area contributed by atoms with Crippen molar-refractivity contribution in [2.24, 2.45) is 4.99 Å². The fourth-order valence-electron chi connectivity index (χ4n) is 4.01. The van der Waals surface area contributed by atoms with Gasteiger partial charge in [-0.25, -0.2) is 19.6 Å².